The highest BCUT2D eigenvalue weighted by Crippen LogP contribution is 2.34. The molecule has 34 heavy (non-hydrogen) atoms. The molecule has 1 atom stereocenters. The van der Waals surface area contributed by atoms with Crippen molar-refractivity contribution < 1.29 is 27.5 Å². The number of methoxy groups -OCH3 is 2. The minimum absolute atomic E-state index is 0.0920. The van der Waals surface area contributed by atoms with Crippen LogP contribution in [0.15, 0.2) is 42.5 Å². The molecule has 0 saturated heterocycles. The highest BCUT2D eigenvalue weighted by Gasteiger charge is 2.32. The summed E-state index contributed by atoms with van der Waals surface area (Å²) in [6, 6.07) is 10.7. The van der Waals surface area contributed by atoms with E-state index in [1.807, 2.05) is 0 Å². The lowest BCUT2D eigenvalue weighted by molar-refractivity contribution is -0.140. The SMILES string of the molecule is CC[C@@H](C(=O)NC)N(Cc1ccc(Cl)cc1)C(=O)CN(c1cc(OC)ccc1OC)S(C)(=O)=O. The topological polar surface area (TPSA) is 105 Å². The molecule has 0 aliphatic rings. The summed E-state index contributed by atoms with van der Waals surface area (Å²) in [5, 5.41) is 3.11. The van der Waals surface area contributed by atoms with E-state index >= 15 is 0 Å². The lowest BCUT2D eigenvalue weighted by Gasteiger charge is -2.33. The second-order valence-corrected chi connectivity index (χ2v) is 9.84. The van der Waals surface area contributed by atoms with Gasteiger partial charge in [0.2, 0.25) is 21.8 Å². The second-order valence-electron chi connectivity index (χ2n) is 7.49. The molecule has 2 aromatic rings. The molecule has 0 radical (unpaired) electrons. The van der Waals surface area contributed by atoms with Gasteiger partial charge in [-0.05, 0) is 36.2 Å². The van der Waals surface area contributed by atoms with Gasteiger partial charge in [-0.2, -0.15) is 0 Å². The summed E-state index contributed by atoms with van der Waals surface area (Å²) in [5.41, 5.74) is 0.891. The molecule has 0 aliphatic carbocycles. The molecule has 9 nitrogen and oxygen atoms in total. The van der Waals surface area contributed by atoms with Crippen LogP contribution in [0, 0.1) is 0 Å². The van der Waals surface area contributed by atoms with Gasteiger partial charge >= 0.3 is 0 Å². The van der Waals surface area contributed by atoms with Crippen molar-refractivity contribution in [3.8, 4) is 11.5 Å². The predicted molar refractivity (Wildman–Crippen MR) is 132 cm³/mol. The zero-order valence-corrected chi connectivity index (χ0v) is 21.4. The third-order valence-electron chi connectivity index (χ3n) is 5.23. The van der Waals surface area contributed by atoms with Crippen LogP contribution in [-0.4, -0.2) is 65.2 Å². The van der Waals surface area contributed by atoms with Crippen LogP contribution in [0.5, 0.6) is 11.5 Å². The van der Waals surface area contributed by atoms with E-state index in [1.165, 1.54) is 32.2 Å². The molecule has 2 aromatic carbocycles. The molecule has 0 heterocycles. The average molecular weight is 512 g/mol. The minimum Gasteiger partial charge on any atom is -0.497 e. The van der Waals surface area contributed by atoms with Crippen molar-refractivity contribution in [2.75, 3.05) is 38.4 Å². The van der Waals surface area contributed by atoms with Crippen molar-refractivity contribution in [2.24, 2.45) is 0 Å². The molecule has 0 bridgehead atoms. The van der Waals surface area contributed by atoms with E-state index in [2.05, 4.69) is 5.32 Å². The summed E-state index contributed by atoms with van der Waals surface area (Å²) in [6.07, 6.45) is 1.33. The van der Waals surface area contributed by atoms with Crippen LogP contribution >= 0.6 is 11.6 Å². The van der Waals surface area contributed by atoms with Gasteiger partial charge in [0.15, 0.2) is 0 Å². The Hall–Kier alpha value is -2.98. The summed E-state index contributed by atoms with van der Waals surface area (Å²) in [7, 11) is 0.428. The number of sulfonamides is 1. The fraction of sp³-hybridized carbons (Fsp3) is 0.391. The Bertz CT molecular complexity index is 1110. The number of rotatable bonds is 11. The third-order valence-corrected chi connectivity index (χ3v) is 6.61. The number of hydrogen-bond acceptors (Lipinski definition) is 6. The standard InChI is InChI=1S/C23H30ClN3O6S/c1-6-19(23(29)25-2)26(14-16-7-9-17(24)10-8-16)22(28)15-27(34(5,30)31)20-13-18(32-3)11-12-21(20)33-4/h7-13,19H,6,14-15H2,1-5H3,(H,25,29)/t19-/m0/s1. The minimum atomic E-state index is -3.91. The van der Waals surface area contributed by atoms with Crippen molar-refractivity contribution in [1.29, 1.82) is 0 Å². The van der Waals surface area contributed by atoms with Gasteiger partial charge in [-0.15, -0.1) is 0 Å². The Morgan fingerprint density at radius 2 is 1.74 bits per heavy atom. The molecule has 0 spiro atoms. The maximum absolute atomic E-state index is 13.6. The van der Waals surface area contributed by atoms with Gasteiger partial charge in [-0.1, -0.05) is 30.7 Å². The van der Waals surface area contributed by atoms with Crippen LogP contribution in [0.3, 0.4) is 0 Å². The Kier molecular flexibility index (Phi) is 9.57. The van der Waals surface area contributed by atoms with E-state index in [1.54, 1.807) is 43.3 Å². The molecule has 186 valence electrons. The lowest BCUT2D eigenvalue weighted by Crippen LogP contribution is -2.51. The number of nitrogens with zero attached hydrogens (tertiary/aromatic N) is 2. The maximum atomic E-state index is 13.6. The molecule has 0 fully saturated rings. The molecular formula is C23H30ClN3O6S. The molecule has 1 N–H and O–H groups in total. The summed E-state index contributed by atoms with van der Waals surface area (Å²) >= 11 is 5.97. The van der Waals surface area contributed by atoms with Crippen LogP contribution < -0.4 is 19.1 Å². The van der Waals surface area contributed by atoms with Crippen LogP contribution in [0.2, 0.25) is 5.02 Å². The normalized spacial score (nSPS) is 11.9. The first-order valence-electron chi connectivity index (χ1n) is 10.5. The number of ether oxygens (including phenoxy) is 2. The van der Waals surface area contributed by atoms with E-state index in [-0.39, 0.29) is 23.9 Å². The van der Waals surface area contributed by atoms with Crippen LogP contribution in [0.25, 0.3) is 0 Å². The highest BCUT2D eigenvalue weighted by molar-refractivity contribution is 7.92. The first-order valence-corrected chi connectivity index (χ1v) is 12.7. The van der Waals surface area contributed by atoms with Gasteiger partial charge in [-0.25, -0.2) is 8.42 Å². The Morgan fingerprint density at radius 3 is 2.24 bits per heavy atom. The molecule has 2 amide bonds. The van der Waals surface area contributed by atoms with Gasteiger partial charge in [0, 0.05) is 24.7 Å². The number of amides is 2. The highest BCUT2D eigenvalue weighted by atomic mass is 35.5. The van der Waals surface area contributed by atoms with Crippen molar-refractivity contribution in [2.45, 2.75) is 25.9 Å². The van der Waals surface area contributed by atoms with E-state index in [0.717, 1.165) is 16.1 Å². The zero-order chi connectivity index (χ0) is 25.5. The van der Waals surface area contributed by atoms with Crippen molar-refractivity contribution >= 4 is 39.1 Å². The van der Waals surface area contributed by atoms with Crippen LogP contribution in [-0.2, 0) is 26.2 Å². The summed E-state index contributed by atoms with van der Waals surface area (Å²) in [5.74, 6) is -0.260. The van der Waals surface area contributed by atoms with Gasteiger partial charge in [0.25, 0.3) is 0 Å². The van der Waals surface area contributed by atoms with Gasteiger partial charge in [-0.3, -0.25) is 13.9 Å². The van der Waals surface area contributed by atoms with Crippen molar-refractivity contribution in [3.05, 3.63) is 53.1 Å². The number of likely N-dealkylation sites (N-methyl/N-ethyl adjacent to an activating group) is 1. The van der Waals surface area contributed by atoms with Gasteiger partial charge < -0.3 is 19.7 Å². The molecule has 11 heteroatoms. The van der Waals surface area contributed by atoms with Crippen LogP contribution in [0.1, 0.15) is 18.9 Å². The molecule has 0 unspecified atom stereocenters. The number of benzene rings is 2. The molecule has 2 rings (SSSR count). The number of carbonyl (C=O) groups is 2. The zero-order valence-electron chi connectivity index (χ0n) is 19.9. The summed E-state index contributed by atoms with van der Waals surface area (Å²) in [4.78, 5) is 27.5. The van der Waals surface area contributed by atoms with E-state index in [4.69, 9.17) is 21.1 Å². The predicted octanol–water partition coefficient (Wildman–Crippen LogP) is 2.68. The molecule has 0 aliphatic heterocycles. The summed E-state index contributed by atoms with van der Waals surface area (Å²) < 4.78 is 37.0. The van der Waals surface area contributed by atoms with Gasteiger partial charge in [0.05, 0.1) is 26.2 Å². The second kappa shape index (κ2) is 11.9. The number of anilines is 1. The average Bonchev–Trinajstić information content (AvgIpc) is 2.82. The molecular weight excluding hydrogens is 482 g/mol. The number of halogens is 1. The van der Waals surface area contributed by atoms with Crippen molar-refractivity contribution in [1.82, 2.24) is 10.2 Å². The van der Waals surface area contributed by atoms with E-state index in [9.17, 15) is 18.0 Å². The van der Waals surface area contributed by atoms with Crippen molar-refractivity contribution in [3.63, 3.8) is 0 Å². The summed E-state index contributed by atoms with van der Waals surface area (Å²) in [6.45, 7) is 1.33. The number of carbonyl (C=O) groups excluding carboxylic acids is 2. The Morgan fingerprint density at radius 1 is 1.09 bits per heavy atom. The fourth-order valence-corrected chi connectivity index (χ4v) is 4.43. The fourth-order valence-electron chi connectivity index (χ4n) is 3.46. The smallest absolute Gasteiger partial charge is 0.244 e. The third kappa shape index (κ3) is 6.77. The largest absolute Gasteiger partial charge is 0.497 e. The maximum Gasteiger partial charge on any atom is 0.244 e. The van der Waals surface area contributed by atoms with E-state index in [0.29, 0.717) is 17.2 Å². The first kappa shape index (κ1) is 27.3. The van der Waals surface area contributed by atoms with E-state index < -0.39 is 28.5 Å². The Labute approximate surface area is 205 Å². The number of hydrogen-bond donors (Lipinski definition) is 1. The first-order chi connectivity index (χ1) is 16.0. The Balaban J connectivity index is 2.51. The quantitative estimate of drug-likeness (QED) is 0.497. The molecule has 0 aromatic heterocycles. The lowest BCUT2D eigenvalue weighted by atomic mass is 10.1. The molecule has 0 saturated carbocycles. The number of nitrogens with one attached hydrogen (secondary N) is 1. The monoisotopic (exact) mass is 511 g/mol. The van der Waals surface area contributed by atoms with Crippen LogP contribution in [0.4, 0.5) is 5.69 Å². The van der Waals surface area contributed by atoms with Gasteiger partial charge in [0.1, 0.15) is 24.1 Å².